The summed E-state index contributed by atoms with van der Waals surface area (Å²) in [7, 11) is 0. The average Bonchev–Trinajstić information content (AvgIpc) is 2.65. The predicted octanol–water partition coefficient (Wildman–Crippen LogP) is 2.56. The number of piperidine rings is 1. The number of hydrogen-bond donors (Lipinski definition) is 2. The van der Waals surface area contributed by atoms with Gasteiger partial charge in [-0.05, 0) is 49.2 Å². The van der Waals surface area contributed by atoms with E-state index >= 15 is 0 Å². The molecule has 0 saturated carbocycles. The molecule has 2 N–H and O–H groups in total. The van der Waals surface area contributed by atoms with Crippen molar-refractivity contribution in [2.75, 3.05) is 25.0 Å². The average molecular weight is 369 g/mol. The van der Waals surface area contributed by atoms with Gasteiger partial charge in [0.15, 0.2) is 12.3 Å². The Hall–Kier alpha value is -2.53. The Labute approximate surface area is 159 Å². The van der Waals surface area contributed by atoms with Crippen LogP contribution < -0.4 is 10.2 Å². The molecule has 27 heavy (non-hydrogen) atoms. The van der Waals surface area contributed by atoms with Crippen molar-refractivity contribution in [2.24, 2.45) is 5.92 Å². The Morgan fingerprint density at radius 1 is 1.04 bits per heavy atom. The number of hydrogen-bond acceptors (Lipinski definition) is 2. The number of quaternary nitrogens is 1. The van der Waals surface area contributed by atoms with Crippen LogP contribution in [0.4, 0.5) is 10.1 Å². The molecule has 3 rings (SSSR count). The van der Waals surface area contributed by atoms with Gasteiger partial charge in [-0.1, -0.05) is 18.2 Å². The molecule has 0 aliphatic carbocycles. The molecule has 1 heterocycles. The summed E-state index contributed by atoms with van der Waals surface area (Å²) in [5.41, 5.74) is 3.57. The molecule has 142 valence electrons. The number of amides is 1. The second kappa shape index (κ2) is 8.44. The maximum absolute atomic E-state index is 13.0. The Bertz CT molecular complexity index is 804. The molecule has 0 atom stereocenters. The molecule has 5 heteroatoms. The van der Waals surface area contributed by atoms with Crippen LogP contribution in [0.25, 0.3) is 0 Å². The van der Waals surface area contributed by atoms with Crippen molar-refractivity contribution in [3.63, 3.8) is 0 Å². The monoisotopic (exact) mass is 369 g/mol. The van der Waals surface area contributed by atoms with Crippen LogP contribution in [0.5, 0.6) is 0 Å². The molecule has 0 radical (unpaired) electrons. The van der Waals surface area contributed by atoms with Gasteiger partial charge in [0, 0.05) is 30.0 Å². The molecule has 2 aromatic rings. The van der Waals surface area contributed by atoms with Gasteiger partial charge in [-0.3, -0.25) is 9.59 Å². The third-order valence-corrected chi connectivity index (χ3v) is 5.35. The molecule has 0 bridgehead atoms. The molecule has 0 spiro atoms. The minimum absolute atomic E-state index is 0.00529. The molecule has 1 aliphatic heterocycles. The fourth-order valence-electron chi connectivity index (χ4n) is 3.74. The largest absolute Gasteiger partial charge is 0.327 e. The number of para-hydroxylation sites is 1. The minimum Gasteiger partial charge on any atom is -0.327 e. The van der Waals surface area contributed by atoms with Gasteiger partial charge in [-0.2, -0.15) is 0 Å². The number of halogens is 1. The van der Waals surface area contributed by atoms with E-state index in [9.17, 15) is 14.0 Å². The second-order valence-corrected chi connectivity index (χ2v) is 7.39. The molecule has 0 aromatic heterocycles. The summed E-state index contributed by atoms with van der Waals surface area (Å²) >= 11 is 0. The smallest absolute Gasteiger partial charge is 0.279 e. The van der Waals surface area contributed by atoms with Gasteiger partial charge in [-0.25, -0.2) is 4.39 Å². The van der Waals surface area contributed by atoms with E-state index in [2.05, 4.69) is 5.32 Å². The highest BCUT2D eigenvalue weighted by Crippen LogP contribution is 2.19. The Balaban J connectivity index is 1.51. The fourth-order valence-corrected chi connectivity index (χ4v) is 3.74. The van der Waals surface area contributed by atoms with Crippen LogP contribution in [-0.2, 0) is 4.79 Å². The molecule has 1 aliphatic rings. The lowest BCUT2D eigenvalue weighted by molar-refractivity contribution is -0.897. The first-order chi connectivity index (χ1) is 12.9. The molecular weight excluding hydrogens is 343 g/mol. The number of ketones is 1. The summed E-state index contributed by atoms with van der Waals surface area (Å²) in [4.78, 5) is 26.2. The molecule has 0 unspecified atom stereocenters. The number of aryl methyl sites for hydroxylation is 2. The lowest BCUT2D eigenvalue weighted by Gasteiger charge is -2.28. The Morgan fingerprint density at radius 2 is 1.63 bits per heavy atom. The maximum atomic E-state index is 13.0. The standard InChI is InChI=1S/C22H25FN2O2/c1-15-4-3-5-16(2)21(15)24-20(26)14-25-12-10-18(11-13-25)22(27)17-6-8-19(23)9-7-17/h3-9,18H,10-14H2,1-2H3,(H,24,26)/p+1. The second-order valence-electron chi connectivity index (χ2n) is 7.39. The van der Waals surface area contributed by atoms with Crippen molar-refractivity contribution in [3.8, 4) is 0 Å². The van der Waals surface area contributed by atoms with E-state index in [4.69, 9.17) is 0 Å². The first-order valence-corrected chi connectivity index (χ1v) is 9.43. The predicted molar refractivity (Wildman–Crippen MR) is 104 cm³/mol. The van der Waals surface area contributed by atoms with Gasteiger partial charge < -0.3 is 10.2 Å². The van der Waals surface area contributed by atoms with Gasteiger partial charge in [0.1, 0.15) is 5.82 Å². The first kappa shape index (κ1) is 19.2. The van der Waals surface area contributed by atoms with Crippen molar-refractivity contribution in [2.45, 2.75) is 26.7 Å². The third kappa shape index (κ3) is 4.80. The van der Waals surface area contributed by atoms with E-state index in [0.717, 1.165) is 42.7 Å². The number of carbonyl (C=O) groups is 2. The van der Waals surface area contributed by atoms with Gasteiger partial charge in [0.2, 0.25) is 0 Å². The van der Waals surface area contributed by atoms with E-state index < -0.39 is 0 Å². The van der Waals surface area contributed by atoms with E-state index in [1.165, 1.54) is 17.0 Å². The van der Waals surface area contributed by atoms with E-state index in [-0.39, 0.29) is 23.4 Å². The lowest BCUT2D eigenvalue weighted by atomic mass is 9.89. The number of carbonyl (C=O) groups excluding carboxylic acids is 2. The fraction of sp³-hybridized carbons (Fsp3) is 0.364. The van der Waals surface area contributed by atoms with Crippen molar-refractivity contribution in [1.29, 1.82) is 0 Å². The summed E-state index contributed by atoms with van der Waals surface area (Å²) in [5, 5.41) is 3.03. The van der Waals surface area contributed by atoms with E-state index in [0.29, 0.717) is 12.1 Å². The minimum atomic E-state index is -0.333. The zero-order valence-electron chi connectivity index (χ0n) is 15.8. The van der Waals surface area contributed by atoms with Gasteiger partial charge in [0.05, 0.1) is 13.1 Å². The van der Waals surface area contributed by atoms with Crippen LogP contribution in [0.2, 0.25) is 0 Å². The molecule has 1 amide bonds. The van der Waals surface area contributed by atoms with Crippen molar-refractivity contribution in [3.05, 3.63) is 65.0 Å². The zero-order chi connectivity index (χ0) is 19.4. The Morgan fingerprint density at radius 3 is 2.22 bits per heavy atom. The summed E-state index contributed by atoms with van der Waals surface area (Å²) < 4.78 is 13.0. The van der Waals surface area contributed by atoms with Crippen molar-refractivity contribution < 1.29 is 18.9 Å². The highest BCUT2D eigenvalue weighted by atomic mass is 19.1. The third-order valence-electron chi connectivity index (χ3n) is 5.35. The highest BCUT2D eigenvalue weighted by Gasteiger charge is 2.29. The molecular formula is C22H26FN2O2+. The summed E-state index contributed by atoms with van der Waals surface area (Å²) in [6.45, 7) is 5.96. The molecule has 2 aromatic carbocycles. The van der Waals surface area contributed by atoms with Crippen LogP contribution in [0, 0.1) is 25.6 Å². The number of rotatable bonds is 5. The van der Waals surface area contributed by atoms with Crippen LogP contribution in [0.1, 0.15) is 34.3 Å². The summed E-state index contributed by atoms with van der Waals surface area (Å²) in [6, 6.07) is 11.7. The normalized spacial score (nSPS) is 19.5. The quantitative estimate of drug-likeness (QED) is 0.796. The maximum Gasteiger partial charge on any atom is 0.279 e. The highest BCUT2D eigenvalue weighted by molar-refractivity contribution is 5.97. The molecule has 1 fully saturated rings. The zero-order valence-corrected chi connectivity index (χ0v) is 15.8. The summed E-state index contributed by atoms with van der Waals surface area (Å²) in [5.74, 6) is -0.290. The van der Waals surface area contributed by atoms with Crippen molar-refractivity contribution >= 4 is 17.4 Å². The van der Waals surface area contributed by atoms with Gasteiger partial charge in [0.25, 0.3) is 5.91 Å². The number of nitrogens with one attached hydrogen (secondary N) is 2. The van der Waals surface area contributed by atoms with Crippen LogP contribution in [0.15, 0.2) is 42.5 Å². The number of likely N-dealkylation sites (tertiary alicyclic amines) is 1. The molecule has 1 saturated heterocycles. The SMILES string of the molecule is Cc1cccc(C)c1NC(=O)C[NH+]1CCC(C(=O)c2ccc(F)cc2)CC1. The Kier molecular flexibility index (Phi) is 6.01. The van der Waals surface area contributed by atoms with Crippen LogP contribution in [0.3, 0.4) is 0 Å². The molecule has 4 nitrogen and oxygen atoms in total. The van der Waals surface area contributed by atoms with Crippen LogP contribution in [-0.4, -0.2) is 31.3 Å². The lowest BCUT2D eigenvalue weighted by Crippen LogP contribution is -3.14. The van der Waals surface area contributed by atoms with Crippen LogP contribution >= 0.6 is 0 Å². The first-order valence-electron chi connectivity index (χ1n) is 9.43. The van der Waals surface area contributed by atoms with E-state index in [1.807, 2.05) is 32.0 Å². The van der Waals surface area contributed by atoms with Crippen molar-refractivity contribution in [1.82, 2.24) is 0 Å². The number of benzene rings is 2. The number of anilines is 1. The van der Waals surface area contributed by atoms with Gasteiger partial charge >= 0.3 is 0 Å². The van der Waals surface area contributed by atoms with Gasteiger partial charge in [-0.15, -0.1) is 0 Å². The van der Waals surface area contributed by atoms with E-state index in [1.54, 1.807) is 12.1 Å². The summed E-state index contributed by atoms with van der Waals surface area (Å²) in [6.07, 6.45) is 1.50. The number of Topliss-reactive ketones (excluding diaryl/α,β-unsaturated/α-hetero) is 1. The topological polar surface area (TPSA) is 50.6 Å².